The normalized spacial score (nSPS) is 18.2. The molecule has 0 aliphatic carbocycles. The van der Waals surface area contributed by atoms with Crippen molar-refractivity contribution < 1.29 is 13.7 Å². The Balaban J connectivity index is 1.57. The lowest BCUT2D eigenvalue weighted by atomic mass is 9.91. The average molecular weight is 316 g/mol. The van der Waals surface area contributed by atoms with Gasteiger partial charge in [-0.2, -0.15) is 0 Å². The summed E-state index contributed by atoms with van der Waals surface area (Å²) in [5, 5.41) is 3.69. The van der Waals surface area contributed by atoms with Gasteiger partial charge in [0.1, 0.15) is 17.1 Å². The topological polar surface area (TPSA) is 46.3 Å². The first-order chi connectivity index (χ1) is 11.1. The van der Waals surface area contributed by atoms with Gasteiger partial charge >= 0.3 is 0 Å². The molecule has 1 fully saturated rings. The summed E-state index contributed by atoms with van der Waals surface area (Å²) in [6.45, 7) is 3.32. The van der Waals surface area contributed by atoms with Crippen LogP contribution in [0.4, 0.5) is 4.39 Å². The predicted molar refractivity (Wildman–Crippen MR) is 84.6 cm³/mol. The summed E-state index contributed by atoms with van der Waals surface area (Å²) in [6, 6.07) is 6.67. The second-order valence-electron chi connectivity index (χ2n) is 6.22. The van der Waals surface area contributed by atoms with Gasteiger partial charge in [0.05, 0.1) is 6.20 Å². The number of aryl methyl sites for hydroxylation is 2. The van der Waals surface area contributed by atoms with Crippen LogP contribution in [-0.2, 0) is 6.42 Å². The number of nitrogens with zero attached hydrogens (tertiary/aromatic N) is 2. The van der Waals surface area contributed by atoms with Crippen molar-refractivity contribution in [1.82, 2.24) is 10.1 Å². The van der Waals surface area contributed by atoms with Crippen LogP contribution in [0.1, 0.15) is 40.9 Å². The number of piperidine rings is 1. The molecule has 1 amide bonds. The molecule has 0 saturated carbocycles. The van der Waals surface area contributed by atoms with Crippen LogP contribution in [0, 0.1) is 18.7 Å². The fourth-order valence-corrected chi connectivity index (χ4v) is 3.18. The van der Waals surface area contributed by atoms with Crippen molar-refractivity contribution in [2.45, 2.75) is 32.6 Å². The molecule has 2 aromatic rings. The average Bonchev–Trinajstić information content (AvgIpc) is 3.00. The van der Waals surface area contributed by atoms with E-state index in [4.69, 9.17) is 4.52 Å². The van der Waals surface area contributed by atoms with Crippen LogP contribution in [0.15, 0.2) is 35.0 Å². The lowest BCUT2D eigenvalue weighted by molar-refractivity contribution is 0.0666. The van der Waals surface area contributed by atoms with Crippen molar-refractivity contribution in [1.29, 1.82) is 0 Å². The Morgan fingerprint density at radius 2 is 2.17 bits per heavy atom. The monoisotopic (exact) mass is 316 g/mol. The maximum atomic E-state index is 12.9. The zero-order valence-electron chi connectivity index (χ0n) is 13.3. The van der Waals surface area contributed by atoms with Crippen molar-refractivity contribution >= 4 is 5.91 Å². The predicted octanol–water partition coefficient (Wildman–Crippen LogP) is 3.61. The Kier molecular flexibility index (Phi) is 4.74. The Morgan fingerprint density at radius 3 is 2.87 bits per heavy atom. The Morgan fingerprint density at radius 1 is 1.39 bits per heavy atom. The number of carbonyl (C=O) groups excluding carboxylic acids is 1. The number of halogens is 1. The van der Waals surface area contributed by atoms with E-state index in [-0.39, 0.29) is 11.7 Å². The highest BCUT2D eigenvalue weighted by atomic mass is 19.1. The number of aromatic nitrogens is 1. The van der Waals surface area contributed by atoms with Crippen LogP contribution >= 0.6 is 0 Å². The van der Waals surface area contributed by atoms with Crippen LogP contribution in [-0.4, -0.2) is 29.1 Å². The highest BCUT2D eigenvalue weighted by molar-refractivity contribution is 5.94. The lowest BCUT2D eigenvalue weighted by Gasteiger charge is -2.32. The van der Waals surface area contributed by atoms with E-state index in [9.17, 15) is 9.18 Å². The molecule has 1 saturated heterocycles. The van der Waals surface area contributed by atoms with Crippen LogP contribution in [0.5, 0.6) is 0 Å². The summed E-state index contributed by atoms with van der Waals surface area (Å²) in [7, 11) is 0. The van der Waals surface area contributed by atoms with E-state index in [1.54, 1.807) is 6.92 Å². The molecule has 23 heavy (non-hydrogen) atoms. The zero-order chi connectivity index (χ0) is 16.2. The molecular formula is C18H21FN2O2. The fraction of sp³-hybridized carbons (Fsp3) is 0.444. The lowest BCUT2D eigenvalue weighted by Crippen LogP contribution is -2.40. The highest BCUT2D eigenvalue weighted by Gasteiger charge is 2.26. The first-order valence-electron chi connectivity index (χ1n) is 8.08. The molecule has 1 atom stereocenters. The number of hydrogen-bond donors (Lipinski definition) is 0. The van der Waals surface area contributed by atoms with Crippen LogP contribution in [0.2, 0.25) is 0 Å². The summed E-state index contributed by atoms with van der Waals surface area (Å²) in [5.41, 5.74) is 1.70. The summed E-state index contributed by atoms with van der Waals surface area (Å²) < 4.78 is 17.9. The molecule has 122 valence electrons. The van der Waals surface area contributed by atoms with Crippen LogP contribution < -0.4 is 0 Å². The molecule has 1 aliphatic rings. The van der Waals surface area contributed by atoms with Gasteiger partial charge in [-0.15, -0.1) is 0 Å². The van der Waals surface area contributed by atoms with E-state index in [0.29, 0.717) is 17.2 Å². The number of benzene rings is 1. The Bertz CT molecular complexity index is 666. The third kappa shape index (κ3) is 3.78. The van der Waals surface area contributed by atoms with Gasteiger partial charge in [-0.1, -0.05) is 17.3 Å². The summed E-state index contributed by atoms with van der Waals surface area (Å²) >= 11 is 0. The van der Waals surface area contributed by atoms with Crippen molar-refractivity contribution in [2.24, 2.45) is 5.92 Å². The van der Waals surface area contributed by atoms with Gasteiger partial charge in [-0.3, -0.25) is 4.79 Å². The van der Waals surface area contributed by atoms with Crippen molar-refractivity contribution in [3.8, 4) is 0 Å². The molecule has 0 spiro atoms. The molecule has 0 N–H and O–H groups in total. The molecule has 4 nitrogen and oxygen atoms in total. The standard InChI is InChI=1S/C18H21FN2O2/c1-13-17(11-20-23-13)18(22)21-10-2-3-15(12-21)5-4-14-6-8-16(19)9-7-14/h6-9,11,15H,2-5,10,12H2,1H3/t15-/m1/s1. The molecule has 0 radical (unpaired) electrons. The second-order valence-corrected chi connectivity index (χ2v) is 6.22. The number of likely N-dealkylation sites (tertiary alicyclic amines) is 1. The van der Waals surface area contributed by atoms with E-state index >= 15 is 0 Å². The first-order valence-corrected chi connectivity index (χ1v) is 8.08. The number of rotatable bonds is 4. The minimum absolute atomic E-state index is 0.00947. The molecule has 1 aliphatic heterocycles. The molecule has 2 heterocycles. The van der Waals surface area contributed by atoms with Gasteiger partial charge in [-0.25, -0.2) is 4.39 Å². The highest BCUT2D eigenvalue weighted by Crippen LogP contribution is 2.23. The fourth-order valence-electron chi connectivity index (χ4n) is 3.18. The molecule has 0 unspecified atom stereocenters. The van der Waals surface area contributed by atoms with E-state index in [0.717, 1.165) is 44.3 Å². The van der Waals surface area contributed by atoms with E-state index in [1.165, 1.54) is 18.3 Å². The van der Waals surface area contributed by atoms with E-state index in [2.05, 4.69) is 5.16 Å². The third-order valence-electron chi connectivity index (χ3n) is 4.54. The summed E-state index contributed by atoms with van der Waals surface area (Å²) in [4.78, 5) is 14.4. The van der Waals surface area contributed by atoms with Crippen LogP contribution in [0.25, 0.3) is 0 Å². The minimum Gasteiger partial charge on any atom is -0.361 e. The van der Waals surface area contributed by atoms with Gasteiger partial charge in [0.25, 0.3) is 5.91 Å². The largest absolute Gasteiger partial charge is 0.361 e. The molecular weight excluding hydrogens is 295 g/mol. The molecule has 1 aromatic carbocycles. The number of hydrogen-bond acceptors (Lipinski definition) is 3. The Labute approximate surface area is 135 Å². The number of amides is 1. The van der Waals surface area contributed by atoms with Crippen LogP contribution in [0.3, 0.4) is 0 Å². The Hall–Kier alpha value is -2.17. The van der Waals surface area contributed by atoms with Gasteiger partial charge < -0.3 is 9.42 Å². The van der Waals surface area contributed by atoms with Crippen molar-refractivity contribution in [3.63, 3.8) is 0 Å². The van der Waals surface area contributed by atoms with E-state index < -0.39 is 0 Å². The first kappa shape index (κ1) is 15.7. The zero-order valence-corrected chi connectivity index (χ0v) is 13.3. The number of carbonyl (C=O) groups is 1. The smallest absolute Gasteiger partial charge is 0.259 e. The SMILES string of the molecule is Cc1oncc1C(=O)N1CCC[C@H](CCc2ccc(F)cc2)C1. The maximum absolute atomic E-state index is 12.9. The minimum atomic E-state index is -0.202. The van der Waals surface area contributed by atoms with Gasteiger partial charge in [0.2, 0.25) is 0 Å². The third-order valence-corrected chi connectivity index (χ3v) is 4.54. The summed E-state index contributed by atoms with van der Waals surface area (Å²) in [6.07, 6.45) is 5.58. The molecule has 5 heteroatoms. The van der Waals surface area contributed by atoms with Gasteiger partial charge in [0, 0.05) is 13.1 Å². The molecule has 0 bridgehead atoms. The quantitative estimate of drug-likeness (QED) is 0.865. The summed E-state index contributed by atoms with van der Waals surface area (Å²) in [5.74, 6) is 0.865. The van der Waals surface area contributed by atoms with E-state index in [1.807, 2.05) is 17.0 Å². The van der Waals surface area contributed by atoms with Crippen molar-refractivity contribution in [3.05, 3.63) is 53.2 Å². The van der Waals surface area contributed by atoms with Crippen molar-refractivity contribution in [2.75, 3.05) is 13.1 Å². The molecule has 1 aromatic heterocycles. The van der Waals surface area contributed by atoms with Gasteiger partial charge in [-0.05, 0) is 56.2 Å². The molecule has 3 rings (SSSR count). The second kappa shape index (κ2) is 6.94. The maximum Gasteiger partial charge on any atom is 0.259 e. The van der Waals surface area contributed by atoms with Gasteiger partial charge in [0.15, 0.2) is 0 Å².